The largest absolute Gasteiger partial charge is 0.338 e. The first-order chi connectivity index (χ1) is 11.2. The SMILES string of the molecule is CCCc1ncc(C(=O)N2CCC(Cc3ccc(F)cc3)C2)s1. The van der Waals surface area contributed by atoms with Crippen LogP contribution in [-0.2, 0) is 12.8 Å². The highest BCUT2D eigenvalue weighted by Crippen LogP contribution is 2.24. The Bertz CT molecular complexity index is 668. The number of carbonyl (C=O) groups excluding carboxylic acids is 1. The van der Waals surface area contributed by atoms with Crippen LogP contribution >= 0.6 is 11.3 Å². The minimum atomic E-state index is -0.204. The van der Waals surface area contributed by atoms with Crippen LogP contribution in [0.15, 0.2) is 30.5 Å². The number of aromatic nitrogens is 1. The van der Waals surface area contributed by atoms with Crippen LogP contribution in [0.5, 0.6) is 0 Å². The van der Waals surface area contributed by atoms with Gasteiger partial charge in [0, 0.05) is 13.1 Å². The lowest BCUT2D eigenvalue weighted by Crippen LogP contribution is -2.28. The molecule has 0 aliphatic carbocycles. The third-order valence-corrected chi connectivity index (χ3v) is 5.28. The van der Waals surface area contributed by atoms with Gasteiger partial charge in [0.1, 0.15) is 10.7 Å². The number of nitrogens with zero attached hydrogens (tertiary/aromatic N) is 2. The van der Waals surface area contributed by atoms with E-state index in [1.54, 1.807) is 6.20 Å². The Morgan fingerprint density at radius 1 is 1.39 bits per heavy atom. The standard InChI is InChI=1S/C18H21FN2OS/c1-2-3-17-20-11-16(23-17)18(22)21-9-8-14(12-21)10-13-4-6-15(19)7-5-13/h4-7,11,14H,2-3,8-10,12H2,1H3. The monoisotopic (exact) mass is 332 g/mol. The molecule has 0 spiro atoms. The van der Waals surface area contributed by atoms with Crippen LogP contribution in [0, 0.1) is 11.7 Å². The summed E-state index contributed by atoms with van der Waals surface area (Å²) in [5.41, 5.74) is 1.13. The highest BCUT2D eigenvalue weighted by molar-refractivity contribution is 7.13. The second-order valence-electron chi connectivity index (χ2n) is 6.10. The summed E-state index contributed by atoms with van der Waals surface area (Å²) in [6.07, 6.45) is 5.60. The zero-order chi connectivity index (χ0) is 16.2. The normalized spacial score (nSPS) is 17.7. The maximum Gasteiger partial charge on any atom is 0.265 e. The Kier molecular flexibility index (Phi) is 5.06. The van der Waals surface area contributed by atoms with E-state index < -0.39 is 0 Å². The highest BCUT2D eigenvalue weighted by atomic mass is 32.1. The molecule has 1 amide bonds. The van der Waals surface area contributed by atoms with Crippen molar-refractivity contribution >= 4 is 17.2 Å². The molecule has 1 saturated heterocycles. The van der Waals surface area contributed by atoms with Crippen molar-refractivity contribution in [1.29, 1.82) is 0 Å². The molecule has 1 aliphatic rings. The van der Waals surface area contributed by atoms with Crippen LogP contribution in [0.3, 0.4) is 0 Å². The second-order valence-corrected chi connectivity index (χ2v) is 7.22. The number of rotatable bonds is 5. The summed E-state index contributed by atoms with van der Waals surface area (Å²) in [5.74, 6) is 0.351. The van der Waals surface area contributed by atoms with E-state index in [4.69, 9.17) is 0 Å². The zero-order valence-corrected chi connectivity index (χ0v) is 14.1. The Morgan fingerprint density at radius 3 is 2.91 bits per heavy atom. The quantitative estimate of drug-likeness (QED) is 0.831. The molecule has 2 heterocycles. The fourth-order valence-electron chi connectivity index (χ4n) is 3.03. The number of carbonyl (C=O) groups is 1. The zero-order valence-electron chi connectivity index (χ0n) is 13.3. The van der Waals surface area contributed by atoms with E-state index in [-0.39, 0.29) is 11.7 Å². The first-order valence-corrected chi connectivity index (χ1v) is 8.95. The lowest BCUT2D eigenvalue weighted by atomic mass is 9.99. The third kappa shape index (κ3) is 3.96. The van der Waals surface area contributed by atoms with Crippen LogP contribution in [0.2, 0.25) is 0 Å². The Balaban J connectivity index is 1.58. The van der Waals surface area contributed by atoms with Crippen molar-refractivity contribution in [1.82, 2.24) is 9.88 Å². The fraction of sp³-hybridized carbons (Fsp3) is 0.444. The first-order valence-electron chi connectivity index (χ1n) is 8.14. The molecule has 23 heavy (non-hydrogen) atoms. The molecule has 0 bridgehead atoms. The predicted octanol–water partition coefficient (Wildman–Crippen LogP) is 3.94. The van der Waals surface area contributed by atoms with Crippen LogP contribution in [0.25, 0.3) is 0 Å². The van der Waals surface area contributed by atoms with Crippen molar-refractivity contribution in [2.24, 2.45) is 5.92 Å². The van der Waals surface area contributed by atoms with E-state index in [1.165, 1.54) is 23.5 Å². The van der Waals surface area contributed by atoms with Gasteiger partial charge in [-0.25, -0.2) is 9.37 Å². The van der Waals surface area contributed by atoms with Crippen molar-refractivity contribution < 1.29 is 9.18 Å². The fourth-order valence-corrected chi connectivity index (χ4v) is 4.02. The third-order valence-electron chi connectivity index (χ3n) is 4.24. The topological polar surface area (TPSA) is 33.2 Å². The maximum atomic E-state index is 13.0. The van der Waals surface area contributed by atoms with Gasteiger partial charge in [-0.3, -0.25) is 4.79 Å². The Morgan fingerprint density at radius 2 is 2.17 bits per heavy atom. The van der Waals surface area contributed by atoms with Gasteiger partial charge in [-0.15, -0.1) is 11.3 Å². The van der Waals surface area contributed by atoms with E-state index in [1.807, 2.05) is 17.0 Å². The van der Waals surface area contributed by atoms with Crippen LogP contribution in [-0.4, -0.2) is 28.9 Å². The molecular weight excluding hydrogens is 311 g/mol. The lowest BCUT2D eigenvalue weighted by Gasteiger charge is -2.15. The number of amides is 1. The number of aryl methyl sites for hydroxylation is 1. The Labute approximate surface area is 140 Å². The minimum Gasteiger partial charge on any atom is -0.338 e. The molecule has 0 radical (unpaired) electrons. The molecule has 2 aromatic rings. The van der Waals surface area contributed by atoms with Crippen LogP contribution in [0.1, 0.15) is 40.0 Å². The van der Waals surface area contributed by atoms with E-state index in [0.717, 1.165) is 54.2 Å². The Hall–Kier alpha value is -1.75. The average Bonchev–Trinajstić information content (AvgIpc) is 3.19. The second kappa shape index (κ2) is 7.21. The summed E-state index contributed by atoms with van der Waals surface area (Å²) in [6.45, 7) is 3.69. The highest BCUT2D eigenvalue weighted by Gasteiger charge is 2.28. The number of likely N-dealkylation sites (tertiary alicyclic amines) is 1. The van der Waals surface area contributed by atoms with Crippen LogP contribution in [0.4, 0.5) is 4.39 Å². The molecular formula is C18H21FN2OS. The summed E-state index contributed by atoms with van der Waals surface area (Å²) < 4.78 is 13.0. The molecule has 5 heteroatoms. The molecule has 1 aliphatic heterocycles. The summed E-state index contributed by atoms with van der Waals surface area (Å²) >= 11 is 1.52. The maximum absolute atomic E-state index is 13.0. The van der Waals surface area contributed by atoms with Gasteiger partial charge >= 0.3 is 0 Å². The molecule has 1 aromatic carbocycles. The summed E-state index contributed by atoms with van der Waals surface area (Å²) in [4.78, 5) is 19.6. The van der Waals surface area contributed by atoms with Crippen LogP contribution < -0.4 is 0 Å². The van der Waals surface area contributed by atoms with Gasteiger partial charge in [-0.05, 0) is 49.3 Å². The minimum absolute atomic E-state index is 0.103. The van der Waals surface area contributed by atoms with Crippen molar-refractivity contribution in [2.45, 2.75) is 32.6 Å². The first kappa shape index (κ1) is 16.1. The van der Waals surface area contributed by atoms with Gasteiger partial charge in [0.15, 0.2) is 0 Å². The van der Waals surface area contributed by atoms with E-state index in [2.05, 4.69) is 11.9 Å². The molecule has 1 aromatic heterocycles. The van der Waals surface area contributed by atoms with Crippen molar-refractivity contribution in [3.63, 3.8) is 0 Å². The van der Waals surface area contributed by atoms with Crippen molar-refractivity contribution in [2.75, 3.05) is 13.1 Å². The molecule has 0 N–H and O–H groups in total. The van der Waals surface area contributed by atoms with Gasteiger partial charge in [-0.2, -0.15) is 0 Å². The molecule has 3 nitrogen and oxygen atoms in total. The van der Waals surface area contributed by atoms with E-state index in [0.29, 0.717) is 5.92 Å². The predicted molar refractivity (Wildman–Crippen MR) is 90.2 cm³/mol. The summed E-state index contributed by atoms with van der Waals surface area (Å²) in [5, 5.41) is 1.04. The van der Waals surface area contributed by atoms with E-state index >= 15 is 0 Å². The molecule has 3 rings (SSSR count). The summed E-state index contributed by atoms with van der Waals surface area (Å²) in [7, 11) is 0. The van der Waals surface area contributed by atoms with Gasteiger partial charge < -0.3 is 4.90 Å². The molecule has 122 valence electrons. The summed E-state index contributed by atoms with van der Waals surface area (Å²) in [6, 6.07) is 6.67. The van der Waals surface area contributed by atoms with Gasteiger partial charge in [0.2, 0.25) is 0 Å². The van der Waals surface area contributed by atoms with Crippen molar-refractivity contribution in [3.05, 3.63) is 51.7 Å². The number of thiazole rings is 1. The molecule has 1 fully saturated rings. The van der Waals surface area contributed by atoms with Gasteiger partial charge in [0.05, 0.1) is 11.2 Å². The molecule has 1 atom stereocenters. The number of hydrogen-bond donors (Lipinski definition) is 0. The van der Waals surface area contributed by atoms with Gasteiger partial charge in [-0.1, -0.05) is 19.1 Å². The molecule has 0 saturated carbocycles. The van der Waals surface area contributed by atoms with Gasteiger partial charge in [0.25, 0.3) is 5.91 Å². The average molecular weight is 332 g/mol. The number of hydrogen-bond acceptors (Lipinski definition) is 3. The smallest absolute Gasteiger partial charge is 0.265 e. The molecule has 1 unspecified atom stereocenters. The number of benzene rings is 1. The van der Waals surface area contributed by atoms with Crippen molar-refractivity contribution in [3.8, 4) is 0 Å². The lowest BCUT2D eigenvalue weighted by molar-refractivity contribution is 0.0791. The van der Waals surface area contributed by atoms with E-state index in [9.17, 15) is 9.18 Å². The number of halogens is 1.